The van der Waals surface area contributed by atoms with E-state index in [4.69, 9.17) is 4.74 Å². The van der Waals surface area contributed by atoms with Gasteiger partial charge in [0, 0.05) is 13.0 Å². The fourth-order valence-corrected chi connectivity index (χ4v) is 2.22. The summed E-state index contributed by atoms with van der Waals surface area (Å²) in [6.45, 7) is 4.26. The van der Waals surface area contributed by atoms with E-state index in [-0.39, 0.29) is 5.97 Å². The van der Waals surface area contributed by atoms with Crippen LogP contribution in [-0.2, 0) is 9.53 Å². The number of hydrogen-bond acceptors (Lipinski definition) is 3. The fraction of sp³-hybridized carbons (Fsp3) is 0.938. The van der Waals surface area contributed by atoms with Crippen LogP contribution in [0.5, 0.6) is 0 Å². The summed E-state index contributed by atoms with van der Waals surface area (Å²) in [5, 5.41) is 0. The summed E-state index contributed by atoms with van der Waals surface area (Å²) in [6, 6.07) is 0.365. The van der Waals surface area contributed by atoms with E-state index in [1.807, 2.05) is 0 Å². The van der Waals surface area contributed by atoms with Crippen molar-refractivity contribution in [2.45, 2.75) is 77.7 Å². The van der Waals surface area contributed by atoms with E-state index in [0.717, 1.165) is 6.42 Å². The van der Waals surface area contributed by atoms with Gasteiger partial charge < -0.3 is 9.64 Å². The Bertz CT molecular complexity index is 217. The molecule has 0 N–H and O–H groups in total. The van der Waals surface area contributed by atoms with E-state index < -0.39 is 0 Å². The lowest BCUT2D eigenvalue weighted by atomic mass is 10.0. The van der Waals surface area contributed by atoms with E-state index in [1.54, 1.807) is 0 Å². The molecule has 0 heterocycles. The molecule has 1 atom stereocenters. The Balaban J connectivity index is 3.51. The average Bonchev–Trinajstić information content (AvgIpc) is 2.35. The molecule has 0 saturated carbocycles. The highest BCUT2D eigenvalue weighted by Crippen LogP contribution is 2.12. The molecule has 0 radical (unpaired) electrons. The first-order chi connectivity index (χ1) is 9.07. The van der Waals surface area contributed by atoms with Gasteiger partial charge in [-0.2, -0.15) is 0 Å². The summed E-state index contributed by atoms with van der Waals surface area (Å²) in [5.41, 5.74) is 0. The number of carbonyl (C=O) groups is 1. The van der Waals surface area contributed by atoms with Gasteiger partial charge in [-0.15, -0.1) is 0 Å². The zero-order chi connectivity index (χ0) is 14.5. The SMILES string of the molecule is CCCCCCCCCCC(COC(C)=O)N(C)C. The molecule has 0 aromatic carbocycles. The molecule has 0 rings (SSSR count). The molecule has 0 aromatic heterocycles. The van der Waals surface area contributed by atoms with E-state index in [2.05, 4.69) is 25.9 Å². The molecule has 0 fully saturated rings. The lowest BCUT2D eigenvalue weighted by Gasteiger charge is -2.23. The maximum absolute atomic E-state index is 10.8. The van der Waals surface area contributed by atoms with Crippen molar-refractivity contribution < 1.29 is 9.53 Å². The molecule has 3 heteroatoms. The Morgan fingerprint density at radius 2 is 1.53 bits per heavy atom. The highest BCUT2D eigenvalue weighted by Gasteiger charge is 2.12. The van der Waals surface area contributed by atoms with Crippen molar-refractivity contribution in [2.24, 2.45) is 0 Å². The van der Waals surface area contributed by atoms with Crippen LogP contribution in [0.3, 0.4) is 0 Å². The van der Waals surface area contributed by atoms with Crippen LogP contribution in [0.25, 0.3) is 0 Å². The molecule has 0 aliphatic rings. The van der Waals surface area contributed by atoms with Crippen LogP contribution in [0.15, 0.2) is 0 Å². The molecule has 0 saturated heterocycles. The standard InChI is InChI=1S/C16H33NO2/c1-5-6-7-8-9-10-11-12-13-16(17(3)4)14-19-15(2)18/h16H,5-14H2,1-4H3. The molecule has 0 aliphatic carbocycles. The zero-order valence-corrected chi connectivity index (χ0v) is 13.4. The number of unbranched alkanes of at least 4 members (excludes halogenated alkanes) is 7. The monoisotopic (exact) mass is 271 g/mol. The first-order valence-corrected chi connectivity index (χ1v) is 7.87. The van der Waals surface area contributed by atoms with Gasteiger partial charge in [0.2, 0.25) is 0 Å². The summed E-state index contributed by atoms with van der Waals surface area (Å²) in [6.07, 6.45) is 11.9. The highest BCUT2D eigenvalue weighted by atomic mass is 16.5. The number of nitrogens with zero attached hydrogens (tertiary/aromatic N) is 1. The van der Waals surface area contributed by atoms with Gasteiger partial charge >= 0.3 is 5.97 Å². The predicted octanol–water partition coefficient (Wildman–Crippen LogP) is 4.01. The summed E-state index contributed by atoms with van der Waals surface area (Å²) in [7, 11) is 4.11. The minimum Gasteiger partial charge on any atom is -0.464 e. The predicted molar refractivity (Wildman–Crippen MR) is 81.3 cm³/mol. The van der Waals surface area contributed by atoms with Gasteiger partial charge in [-0.05, 0) is 20.5 Å². The van der Waals surface area contributed by atoms with Crippen LogP contribution in [0, 0.1) is 0 Å². The largest absolute Gasteiger partial charge is 0.464 e. The maximum Gasteiger partial charge on any atom is 0.302 e. The van der Waals surface area contributed by atoms with Gasteiger partial charge in [0.1, 0.15) is 6.61 Å². The minimum absolute atomic E-state index is 0.178. The van der Waals surface area contributed by atoms with Gasteiger partial charge in [-0.25, -0.2) is 0 Å². The van der Waals surface area contributed by atoms with Gasteiger partial charge in [-0.3, -0.25) is 4.79 Å². The molecule has 3 nitrogen and oxygen atoms in total. The van der Waals surface area contributed by atoms with Gasteiger partial charge in [0.15, 0.2) is 0 Å². The fourth-order valence-electron chi connectivity index (χ4n) is 2.22. The van der Waals surface area contributed by atoms with Gasteiger partial charge in [0.25, 0.3) is 0 Å². The molecule has 0 amide bonds. The number of likely N-dealkylation sites (N-methyl/N-ethyl adjacent to an activating group) is 1. The van der Waals surface area contributed by atoms with E-state index in [9.17, 15) is 4.79 Å². The van der Waals surface area contributed by atoms with Crippen molar-refractivity contribution in [2.75, 3.05) is 20.7 Å². The Morgan fingerprint density at radius 3 is 2.00 bits per heavy atom. The molecule has 0 aliphatic heterocycles. The molecule has 1 unspecified atom stereocenters. The Morgan fingerprint density at radius 1 is 1.00 bits per heavy atom. The highest BCUT2D eigenvalue weighted by molar-refractivity contribution is 5.65. The number of rotatable bonds is 12. The third kappa shape index (κ3) is 12.2. The summed E-state index contributed by atoms with van der Waals surface area (Å²) < 4.78 is 5.11. The van der Waals surface area contributed by atoms with Crippen LogP contribution < -0.4 is 0 Å². The van der Waals surface area contributed by atoms with Crippen molar-refractivity contribution >= 4 is 5.97 Å². The number of carbonyl (C=O) groups excluding carboxylic acids is 1. The van der Waals surface area contributed by atoms with Crippen LogP contribution >= 0.6 is 0 Å². The maximum atomic E-state index is 10.8. The van der Waals surface area contributed by atoms with E-state index >= 15 is 0 Å². The molecule has 0 spiro atoms. The Labute approximate surface area is 119 Å². The molecule has 19 heavy (non-hydrogen) atoms. The van der Waals surface area contributed by atoms with Crippen molar-refractivity contribution in [1.29, 1.82) is 0 Å². The van der Waals surface area contributed by atoms with Gasteiger partial charge in [0.05, 0.1) is 0 Å². The molecular formula is C16H33NO2. The quantitative estimate of drug-likeness (QED) is 0.397. The Kier molecular flexibility index (Phi) is 12.1. The summed E-state index contributed by atoms with van der Waals surface area (Å²) >= 11 is 0. The number of ether oxygens (including phenoxy) is 1. The third-order valence-corrected chi connectivity index (χ3v) is 3.60. The second kappa shape index (κ2) is 12.5. The number of hydrogen-bond donors (Lipinski definition) is 0. The lowest BCUT2D eigenvalue weighted by Crippen LogP contribution is -2.33. The normalized spacial score (nSPS) is 12.7. The second-order valence-electron chi connectivity index (χ2n) is 5.68. The van der Waals surface area contributed by atoms with E-state index in [0.29, 0.717) is 12.6 Å². The Hall–Kier alpha value is -0.570. The average molecular weight is 271 g/mol. The number of esters is 1. The molecule has 114 valence electrons. The van der Waals surface area contributed by atoms with Crippen LogP contribution in [0.1, 0.15) is 71.6 Å². The lowest BCUT2D eigenvalue weighted by molar-refractivity contribution is -0.142. The first kappa shape index (κ1) is 18.4. The molecule has 0 aromatic rings. The zero-order valence-electron chi connectivity index (χ0n) is 13.4. The third-order valence-electron chi connectivity index (χ3n) is 3.60. The summed E-state index contributed by atoms with van der Waals surface area (Å²) in [5.74, 6) is -0.178. The first-order valence-electron chi connectivity index (χ1n) is 7.87. The molecule has 0 bridgehead atoms. The van der Waals surface area contributed by atoms with Crippen molar-refractivity contribution in [1.82, 2.24) is 4.90 Å². The topological polar surface area (TPSA) is 29.5 Å². The second-order valence-corrected chi connectivity index (χ2v) is 5.68. The van der Waals surface area contributed by atoms with Crippen molar-refractivity contribution in [3.63, 3.8) is 0 Å². The molecular weight excluding hydrogens is 238 g/mol. The van der Waals surface area contributed by atoms with Crippen LogP contribution in [0.4, 0.5) is 0 Å². The summed E-state index contributed by atoms with van der Waals surface area (Å²) in [4.78, 5) is 13.0. The van der Waals surface area contributed by atoms with Gasteiger partial charge in [-0.1, -0.05) is 58.3 Å². The van der Waals surface area contributed by atoms with Crippen molar-refractivity contribution in [3.05, 3.63) is 0 Å². The van der Waals surface area contributed by atoms with Crippen molar-refractivity contribution in [3.8, 4) is 0 Å². The van der Waals surface area contributed by atoms with Crippen LogP contribution in [-0.4, -0.2) is 37.6 Å². The van der Waals surface area contributed by atoms with Crippen LogP contribution in [0.2, 0.25) is 0 Å². The smallest absolute Gasteiger partial charge is 0.302 e. The van der Waals surface area contributed by atoms with E-state index in [1.165, 1.54) is 58.3 Å². The minimum atomic E-state index is -0.178.